The molecule has 0 saturated heterocycles. The van der Waals surface area contributed by atoms with E-state index in [1.807, 2.05) is 32.0 Å². The number of nitrogens with one attached hydrogen (secondary N) is 1. The fraction of sp³-hybridized carbons (Fsp3) is 0.174. The van der Waals surface area contributed by atoms with Crippen molar-refractivity contribution in [1.29, 1.82) is 0 Å². The maximum atomic E-state index is 13.9. The van der Waals surface area contributed by atoms with Gasteiger partial charge in [-0.15, -0.1) is 11.3 Å². The number of hydrogen-bond acceptors (Lipinski definition) is 4. The number of aromatic nitrogens is 2. The van der Waals surface area contributed by atoms with Gasteiger partial charge in [-0.25, -0.2) is 9.18 Å². The zero-order valence-corrected chi connectivity index (χ0v) is 17.8. The first-order chi connectivity index (χ1) is 14.8. The van der Waals surface area contributed by atoms with Crippen molar-refractivity contribution in [2.45, 2.75) is 26.9 Å². The third-order valence-electron chi connectivity index (χ3n) is 5.20. The van der Waals surface area contributed by atoms with Crippen LogP contribution in [0.2, 0.25) is 0 Å². The number of amides is 1. The SMILES string of the molecule is Cc1ccc(Cn2c(=O)c3sccc3n(CC(=O)Nc3ccccc3F)c2=O)cc1C. The van der Waals surface area contributed by atoms with Crippen molar-refractivity contribution in [2.24, 2.45) is 0 Å². The Morgan fingerprint density at radius 1 is 1.03 bits per heavy atom. The van der Waals surface area contributed by atoms with Gasteiger partial charge in [0.2, 0.25) is 5.91 Å². The summed E-state index contributed by atoms with van der Waals surface area (Å²) >= 11 is 1.22. The van der Waals surface area contributed by atoms with Crippen molar-refractivity contribution in [3.63, 3.8) is 0 Å². The molecule has 0 bridgehead atoms. The summed E-state index contributed by atoms with van der Waals surface area (Å²) < 4.78 is 16.6. The van der Waals surface area contributed by atoms with Crippen molar-refractivity contribution in [3.05, 3.63) is 97.3 Å². The number of thiophene rings is 1. The first-order valence-corrected chi connectivity index (χ1v) is 10.5. The van der Waals surface area contributed by atoms with Crippen LogP contribution in [-0.2, 0) is 17.9 Å². The van der Waals surface area contributed by atoms with Gasteiger partial charge in [0, 0.05) is 0 Å². The highest BCUT2D eigenvalue weighted by atomic mass is 32.1. The van der Waals surface area contributed by atoms with Crippen molar-refractivity contribution < 1.29 is 9.18 Å². The van der Waals surface area contributed by atoms with Crippen LogP contribution in [0.5, 0.6) is 0 Å². The number of benzene rings is 2. The van der Waals surface area contributed by atoms with Crippen LogP contribution < -0.4 is 16.6 Å². The van der Waals surface area contributed by atoms with Crippen LogP contribution in [0.4, 0.5) is 10.1 Å². The third-order valence-corrected chi connectivity index (χ3v) is 6.09. The van der Waals surface area contributed by atoms with Gasteiger partial charge in [0.1, 0.15) is 17.1 Å². The van der Waals surface area contributed by atoms with Crippen LogP contribution in [0, 0.1) is 19.7 Å². The topological polar surface area (TPSA) is 73.1 Å². The Labute approximate surface area is 181 Å². The number of para-hydroxylation sites is 1. The Bertz CT molecular complexity index is 1420. The van der Waals surface area contributed by atoms with Gasteiger partial charge < -0.3 is 5.32 Å². The van der Waals surface area contributed by atoms with E-state index >= 15 is 0 Å². The van der Waals surface area contributed by atoms with E-state index in [0.29, 0.717) is 10.2 Å². The molecule has 0 atom stereocenters. The molecule has 2 aromatic carbocycles. The van der Waals surface area contributed by atoms with Gasteiger partial charge >= 0.3 is 5.69 Å². The molecule has 0 spiro atoms. The highest BCUT2D eigenvalue weighted by molar-refractivity contribution is 7.17. The molecule has 2 aromatic heterocycles. The van der Waals surface area contributed by atoms with Crippen LogP contribution in [-0.4, -0.2) is 15.0 Å². The van der Waals surface area contributed by atoms with Crippen LogP contribution >= 0.6 is 11.3 Å². The Kier molecular flexibility index (Phi) is 5.56. The van der Waals surface area contributed by atoms with Gasteiger partial charge in [0.05, 0.1) is 17.7 Å². The molecule has 1 amide bonds. The number of halogens is 1. The molecule has 4 aromatic rings. The number of fused-ring (bicyclic) bond motifs is 1. The predicted octanol–water partition coefficient (Wildman–Crippen LogP) is 3.67. The van der Waals surface area contributed by atoms with Crippen LogP contribution in [0.1, 0.15) is 16.7 Å². The number of nitrogens with zero attached hydrogens (tertiary/aromatic N) is 2. The van der Waals surface area contributed by atoms with Gasteiger partial charge in [-0.05, 0) is 54.1 Å². The number of carbonyl (C=O) groups is 1. The minimum atomic E-state index is -0.585. The fourth-order valence-corrected chi connectivity index (χ4v) is 4.25. The van der Waals surface area contributed by atoms with Crippen molar-refractivity contribution >= 4 is 33.1 Å². The first kappa shape index (κ1) is 20.7. The van der Waals surface area contributed by atoms with E-state index in [1.165, 1.54) is 34.1 Å². The lowest BCUT2D eigenvalue weighted by Gasteiger charge is -2.13. The monoisotopic (exact) mass is 437 g/mol. The van der Waals surface area contributed by atoms with Crippen LogP contribution in [0.3, 0.4) is 0 Å². The van der Waals surface area contributed by atoms with Gasteiger partial charge in [-0.1, -0.05) is 30.3 Å². The normalized spacial score (nSPS) is 11.1. The van der Waals surface area contributed by atoms with Crippen LogP contribution in [0.25, 0.3) is 10.2 Å². The summed E-state index contributed by atoms with van der Waals surface area (Å²) in [6.45, 7) is 3.72. The number of anilines is 1. The highest BCUT2D eigenvalue weighted by Gasteiger charge is 2.17. The molecule has 6 nitrogen and oxygen atoms in total. The average molecular weight is 437 g/mol. The molecule has 1 N–H and O–H groups in total. The molecule has 158 valence electrons. The quantitative estimate of drug-likeness (QED) is 0.518. The summed E-state index contributed by atoms with van der Waals surface area (Å²) in [5.74, 6) is -1.13. The van der Waals surface area contributed by atoms with E-state index in [-0.39, 0.29) is 24.3 Å². The Balaban J connectivity index is 1.73. The summed E-state index contributed by atoms with van der Waals surface area (Å²) in [5.41, 5.74) is 2.45. The minimum absolute atomic E-state index is 0.0329. The molecule has 0 unspecified atom stereocenters. The molecule has 0 fully saturated rings. The molecule has 31 heavy (non-hydrogen) atoms. The minimum Gasteiger partial charge on any atom is -0.322 e. The maximum absolute atomic E-state index is 13.9. The summed E-state index contributed by atoms with van der Waals surface area (Å²) in [7, 11) is 0. The molecule has 0 saturated carbocycles. The first-order valence-electron chi connectivity index (χ1n) is 9.66. The smallest absolute Gasteiger partial charge is 0.322 e. The van der Waals surface area contributed by atoms with Gasteiger partial charge in [0.15, 0.2) is 0 Å². The average Bonchev–Trinajstić information content (AvgIpc) is 3.23. The molecular formula is C23H20FN3O3S. The van der Waals surface area contributed by atoms with Gasteiger partial charge in [-0.3, -0.25) is 18.7 Å². The second-order valence-electron chi connectivity index (χ2n) is 7.34. The highest BCUT2D eigenvalue weighted by Crippen LogP contribution is 2.17. The lowest BCUT2D eigenvalue weighted by molar-refractivity contribution is -0.116. The zero-order chi connectivity index (χ0) is 22.1. The van der Waals surface area contributed by atoms with E-state index in [4.69, 9.17) is 0 Å². The van der Waals surface area contributed by atoms with Gasteiger partial charge in [0.25, 0.3) is 5.56 Å². The molecule has 0 radical (unpaired) electrons. The standard InChI is InChI=1S/C23H20FN3O3S/c1-14-7-8-16(11-15(14)2)12-27-22(29)21-19(9-10-31-21)26(23(27)30)13-20(28)25-18-6-4-3-5-17(18)24/h3-11H,12-13H2,1-2H3,(H,25,28). The van der Waals surface area contributed by atoms with Crippen LogP contribution in [0.15, 0.2) is 63.5 Å². The molecule has 0 aliphatic rings. The summed E-state index contributed by atoms with van der Waals surface area (Å²) in [6, 6.07) is 13.2. The summed E-state index contributed by atoms with van der Waals surface area (Å²) in [6.07, 6.45) is 0. The molecule has 0 aliphatic heterocycles. The zero-order valence-electron chi connectivity index (χ0n) is 17.0. The number of rotatable bonds is 5. The molecule has 8 heteroatoms. The predicted molar refractivity (Wildman–Crippen MR) is 120 cm³/mol. The molecule has 2 heterocycles. The number of hydrogen-bond donors (Lipinski definition) is 1. The molecular weight excluding hydrogens is 417 g/mol. The van der Waals surface area contributed by atoms with E-state index in [2.05, 4.69) is 5.32 Å². The van der Waals surface area contributed by atoms with E-state index in [0.717, 1.165) is 21.3 Å². The Morgan fingerprint density at radius 2 is 1.81 bits per heavy atom. The molecule has 0 aliphatic carbocycles. The Hall–Kier alpha value is -3.52. The maximum Gasteiger partial charge on any atom is 0.332 e. The van der Waals surface area contributed by atoms with E-state index < -0.39 is 17.4 Å². The van der Waals surface area contributed by atoms with E-state index in [1.54, 1.807) is 17.5 Å². The Morgan fingerprint density at radius 3 is 2.55 bits per heavy atom. The second-order valence-corrected chi connectivity index (χ2v) is 8.26. The summed E-state index contributed by atoms with van der Waals surface area (Å²) in [5, 5.41) is 4.19. The van der Waals surface area contributed by atoms with E-state index in [9.17, 15) is 18.8 Å². The number of aryl methyl sites for hydroxylation is 2. The largest absolute Gasteiger partial charge is 0.332 e. The number of carbonyl (C=O) groups excluding carboxylic acids is 1. The van der Waals surface area contributed by atoms with Crippen molar-refractivity contribution in [3.8, 4) is 0 Å². The van der Waals surface area contributed by atoms with Crippen molar-refractivity contribution in [2.75, 3.05) is 5.32 Å². The summed E-state index contributed by atoms with van der Waals surface area (Å²) in [4.78, 5) is 38.7. The van der Waals surface area contributed by atoms with Crippen molar-refractivity contribution in [1.82, 2.24) is 9.13 Å². The lowest BCUT2D eigenvalue weighted by Crippen LogP contribution is -2.41. The second kappa shape index (κ2) is 8.31. The lowest BCUT2D eigenvalue weighted by atomic mass is 10.1. The fourth-order valence-electron chi connectivity index (χ4n) is 3.41. The van der Waals surface area contributed by atoms with Gasteiger partial charge in [-0.2, -0.15) is 0 Å². The third kappa shape index (κ3) is 4.06. The molecule has 4 rings (SSSR count).